The van der Waals surface area contributed by atoms with E-state index in [1.165, 1.54) is 12.8 Å². The molecule has 0 amide bonds. The molecule has 0 aliphatic heterocycles. The average Bonchev–Trinajstić information content (AvgIpc) is 2.05. The van der Waals surface area contributed by atoms with Crippen LogP contribution in [0.4, 0.5) is 0 Å². The van der Waals surface area contributed by atoms with Gasteiger partial charge >= 0.3 is 0 Å². The van der Waals surface area contributed by atoms with Gasteiger partial charge in [-0.2, -0.15) is 0 Å². The Balaban J connectivity index is 3.25. The smallest absolute Gasteiger partial charge is 0.103 e. The van der Waals surface area contributed by atoms with E-state index in [-0.39, 0.29) is 6.61 Å². The normalized spacial score (nSPS) is 10.9. The minimum Gasteiger partial charge on any atom is -0.235 e. The highest BCUT2D eigenvalue weighted by atomic mass is 32.2. The zero-order valence-electron chi connectivity index (χ0n) is 7.34. The topological polar surface area (TPSA) is 19.9 Å². The molecule has 0 bridgehead atoms. The molecule has 1 nitrogen and oxygen atoms in total. The third-order valence-electron chi connectivity index (χ3n) is 1.15. The number of hydrogen-bond acceptors (Lipinski definition) is 2. The van der Waals surface area contributed by atoms with Gasteiger partial charge in [-0.05, 0) is 24.3 Å². The monoisotopic (exact) mass is 193 g/mol. The third-order valence-corrected chi connectivity index (χ3v) is 4.27. The molecule has 0 saturated heterocycles. The van der Waals surface area contributed by atoms with Crippen LogP contribution in [-0.4, -0.2) is 22.7 Å². The average molecular weight is 193 g/mol. The quantitative estimate of drug-likeness (QED) is 0.579. The molecule has 67 valence electrons. The lowest BCUT2D eigenvalue weighted by molar-refractivity contribution is 0.210. The van der Waals surface area contributed by atoms with E-state index in [2.05, 4.69) is 13.8 Å². The summed E-state index contributed by atoms with van der Waals surface area (Å²) in [6.07, 6.45) is 2.35. The fourth-order valence-corrected chi connectivity index (χ4v) is 2.79. The lowest BCUT2D eigenvalue weighted by Crippen LogP contribution is -2.03. The summed E-state index contributed by atoms with van der Waals surface area (Å²) < 4.78 is 0.301. The van der Waals surface area contributed by atoms with Crippen LogP contribution in [0.25, 0.3) is 0 Å². The molecule has 0 fully saturated rings. The van der Waals surface area contributed by atoms with E-state index in [1.54, 1.807) is 0 Å². The summed E-state index contributed by atoms with van der Waals surface area (Å²) in [4.78, 5) is 0. The number of hydrogen-bond donors (Lipinski definition) is 0. The molecule has 0 atom stereocenters. The Hall–Kier alpha value is 0.660. The Bertz CT molecular complexity index is 70.5. The predicted molar refractivity (Wildman–Crippen MR) is 54.8 cm³/mol. The fourth-order valence-electron chi connectivity index (χ4n) is 0.643. The van der Waals surface area contributed by atoms with Crippen molar-refractivity contribution in [2.24, 2.45) is 0 Å². The molecule has 0 N–H and O–H groups in total. The minimum atomic E-state index is 0.0648. The summed E-state index contributed by atoms with van der Waals surface area (Å²) in [5, 5.41) is 10.6. The molecule has 0 aliphatic carbocycles. The van der Waals surface area contributed by atoms with E-state index in [0.717, 1.165) is 11.5 Å². The number of thioether (sulfide) groups is 2. The summed E-state index contributed by atoms with van der Waals surface area (Å²) in [5.74, 6) is 2.26. The van der Waals surface area contributed by atoms with Crippen molar-refractivity contribution < 1.29 is 5.11 Å². The van der Waals surface area contributed by atoms with Crippen LogP contribution in [0.2, 0.25) is 0 Å². The van der Waals surface area contributed by atoms with Crippen molar-refractivity contribution in [1.29, 1.82) is 0 Å². The molecule has 3 heteroatoms. The Morgan fingerprint density at radius 1 is 1.09 bits per heavy atom. The van der Waals surface area contributed by atoms with Crippen molar-refractivity contribution in [2.45, 2.75) is 31.3 Å². The van der Waals surface area contributed by atoms with Crippen molar-refractivity contribution in [3.05, 3.63) is 0 Å². The van der Waals surface area contributed by atoms with Crippen molar-refractivity contribution in [3.8, 4) is 0 Å². The van der Waals surface area contributed by atoms with Crippen molar-refractivity contribution in [3.63, 3.8) is 0 Å². The molecule has 0 aromatic carbocycles. The summed E-state index contributed by atoms with van der Waals surface area (Å²) in [7, 11) is 0. The zero-order valence-corrected chi connectivity index (χ0v) is 8.97. The molecule has 0 aliphatic rings. The lowest BCUT2D eigenvalue weighted by atomic mass is 10.6. The van der Waals surface area contributed by atoms with Crippen LogP contribution in [0.1, 0.15) is 26.7 Å². The largest absolute Gasteiger partial charge is 0.235 e. The van der Waals surface area contributed by atoms with E-state index in [0.29, 0.717) is 4.58 Å². The molecular weight excluding hydrogens is 176 g/mol. The Morgan fingerprint density at radius 3 is 1.82 bits per heavy atom. The van der Waals surface area contributed by atoms with Crippen molar-refractivity contribution >= 4 is 23.5 Å². The Labute approximate surface area is 78.3 Å². The first-order valence-electron chi connectivity index (χ1n) is 4.16. The van der Waals surface area contributed by atoms with Crippen LogP contribution in [0.5, 0.6) is 0 Å². The van der Waals surface area contributed by atoms with Gasteiger partial charge in [-0.25, -0.2) is 5.11 Å². The molecule has 0 unspecified atom stereocenters. The highest BCUT2D eigenvalue weighted by molar-refractivity contribution is 8.17. The van der Waals surface area contributed by atoms with Gasteiger partial charge in [0.05, 0.1) is 4.58 Å². The maximum atomic E-state index is 10.6. The maximum Gasteiger partial charge on any atom is 0.103 e. The van der Waals surface area contributed by atoms with Gasteiger partial charge in [0, 0.05) is 0 Å². The van der Waals surface area contributed by atoms with Gasteiger partial charge in [-0.15, -0.1) is 23.5 Å². The van der Waals surface area contributed by atoms with Gasteiger partial charge < -0.3 is 0 Å². The third kappa shape index (κ3) is 7.04. The molecule has 11 heavy (non-hydrogen) atoms. The SMILES string of the molecule is CCCSC(C[O])SCCC. The first-order chi connectivity index (χ1) is 5.35. The van der Waals surface area contributed by atoms with Crippen LogP contribution in [0.15, 0.2) is 0 Å². The van der Waals surface area contributed by atoms with Gasteiger partial charge in [0.25, 0.3) is 0 Å². The van der Waals surface area contributed by atoms with E-state index < -0.39 is 0 Å². The Kier molecular flexibility index (Phi) is 9.28. The van der Waals surface area contributed by atoms with Crippen LogP contribution in [-0.2, 0) is 5.11 Å². The molecule has 0 spiro atoms. The van der Waals surface area contributed by atoms with Crippen LogP contribution in [0, 0.1) is 0 Å². The first-order valence-corrected chi connectivity index (χ1v) is 6.26. The second-order valence-electron chi connectivity index (χ2n) is 2.34. The fraction of sp³-hybridized carbons (Fsp3) is 1.00. The first kappa shape index (κ1) is 11.7. The van der Waals surface area contributed by atoms with Crippen LogP contribution < -0.4 is 0 Å². The van der Waals surface area contributed by atoms with Gasteiger partial charge in [-0.3, -0.25) is 0 Å². The van der Waals surface area contributed by atoms with Crippen molar-refractivity contribution in [1.82, 2.24) is 0 Å². The molecule has 0 saturated carbocycles. The lowest BCUT2D eigenvalue weighted by Gasteiger charge is -2.10. The highest BCUT2D eigenvalue weighted by Crippen LogP contribution is 2.24. The second kappa shape index (κ2) is 8.75. The molecule has 0 aromatic rings. The van der Waals surface area contributed by atoms with Crippen LogP contribution in [0.3, 0.4) is 0 Å². The Morgan fingerprint density at radius 2 is 1.55 bits per heavy atom. The highest BCUT2D eigenvalue weighted by Gasteiger charge is 2.06. The summed E-state index contributed by atoms with van der Waals surface area (Å²) in [5.41, 5.74) is 0. The molecule has 0 heterocycles. The standard InChI is InChI=1S/C8H17OS2/c1-3-5-10-8(7-9)11-6-4-2/h8H,3-7H2,1-2H3. The van der Waals surface area contributed by atoms with Crippen molar-refractivity contribution in [2.75, 3.05) is 18.1 Å². The summed E-state index contributed by atoms with van der Waals surface area (Å²) in [6.45, 7) is 4.37. The predicted octanol–water partition coefficient (Wildman–Crippen LogP) is 3.03. The minimum absolute atomic E-state index is 0.0648. The molecule has 1 radical (unpaired) electrons. The molecule has 0 aromatic heterocycles. The van der Waals surface area contributed by atoms with E-state index >= 15 is 0 Å². The van der Waals surface area contributed by atoms with E-state index in [1.807, 2.05) is 23.5 Å². The van der Waals surface area contributed by atoms with Crippen LogP contribution >= 0.6 is 23.5 Å². The zero-order chi connectivity index (χ0) is 8.53. The molecule has 0 rings (SSSR count). The van der Waals surface area contributed by atoms with Gasteiger partial charge in [-0.1, -0.05) is 13.8 Å². The van der Waals surface area contributed by atoms with Gasteiger partial charge in [0.1, 0.15) is 6.61 Å². The summed E-state index contributed by atoms with van der Waals surface area (Å²) >= 11 is 3.62. The molecular formula is C8H17OS2. The maximum absolute atomic E-state index is 10.6. The van der Waals surface area contributed by atoms with E-state index in [4.69, 9.17) is 0 Å². The second-order valence-corrected chi connectivity index (χ2v) is 5.26. The summed E-state index contributed by atoms with van der Waals surface area (Å²) in [6, 6.07) is 0. The van der Waals surface area contributed by atoms with E-state index in [9.17, 15) is 5.11 Å². The number of rotatable bonds is 7. The van der Waals surface area contributed by atoms with Gasteiger partial charge in [0.2, 0.25) is 0 Å². The van der Waals surface area contributed by atoms with Gasteiger partial charge in [0.15, 0.2) is 0 Å².